The molecule has 0 saturated carbocycles. The number of nitrogens with zero attached hydrogens (tertiary/aromatic N) is 3. The Morgan fingerprint density at radius 3 is 2.55 bits per heavy atom. The molecule has 0 saturated heterocycles. The molecule has 2 amide bonds. The van der Waals surface area contributed by atoms with Crippen LogP contribution in [-0.4, -0.2) is 22.0 Å². The summed E-state index contributed by atoms with van der Waals surface area (Å²) in [6.45, 7) is 0.258. The Morgan fingerprint density at radius 2 is 1.91 bits per heavy atom. The maximum Gasteiger partial charge on any atom is 0.312 e. The molecule has 8 nitrogen and oxygen atoms in total. The van der Waals surface area contributed by atoms with E-state index in [2.05, 4.69) is 20.3 Å². The van der Waals surface area contributed by atoms with E-state index >= 15 is 0 Å². The lowest BCUT2D eigenvalue weighted by molar-refractivity contribution is 0.248. The summed E-state index contributed by atoms with van der Waals surface area (Å²) in [6.07, 6.45) is 0. The van der Waals surface area contributed by atoms with Gasteiger partial charge in [-0.1, -0.05) is 6.07 Å². The number of hydrogen-bond donors (Lipinski definition) is 4. The maximum absolute atomic E-state index is 10.7. The summed E-state index contributed by atoms with van der Waals surface area (Å²) in [6, 6.07) is 4.81. The first kappa shape index (κ1) is 19.9. The van der Waals surface area contributed by atoms with Crippen LogP contribution >= 0.6 is 36.2 Å². The van der Waals surface area contributed by atoms with E-state index in [1.54, 1.807) is 11.4 Å². The zero-order chi connectivity index (χ0) is 14.5. The fraction of sp³-hybridized carbons (Fsp3) is 0.0909. The third-order valence-corrected chi connectivity index (χ3v) is 2.96. The van der Waals surface area contributed by atoms with Gasteiger partial charge in [-0.15, -0.1) is 36.2 Å². The number of aliphatic imine (C=N–C) groups is 1. The van der Waals surface area contributed by atoms with Crippen LogP contribution in [0.3, 0.4) is 0 Å². The molecule has 0 unspecified atom stereocenters. The molecule has 0 radical (unpaired) electrons. The van der Waals surface area contributed by atoms with Gasteiger partial charge in [0.2, 0.25) is 5.13 Å². The fourth-order valence-corrected chi connectivity index (χ4v) is 2.14. The van der Waals surface area contributed by atoms with E-state index in [1.165, 1.54) is 11.3 Å². The van der Waals surface area contributed by atoms with Gasteiger partial charge in [0.25, 0.3) is 0 Å². The fourth-order valence-electron chi connectivity index (χ4n) is 1.44. The Balaban J connectivity index is 0.00000220. The molecule has 0 bridgehead atoms. The first-order chi connectivity index (χ1) is 9.54. The Kier molecular flexibility index (Phi) is 8.17. The zero-order valence-electron chi connectivity index (χ0n) is 11.2. The summed E-state index contributed by atoms with van der Waals surface area (Å²) in [5.74, 6) is -0.0433. The van der Waals surface area contributed by atoms with Crippen LogP contribution < -0.4 is 22.5 Å². The van der Waals surface area contributed by atoms with Crippen LogP contribution in [0.4, 0.5) is 9.93 Å². The number of hydrogen-bond acceptors (Lipinski definition) is 5. The number of amides is 2. The van der Waals surface area contributed by atoms with Crippen molar-refractivity contribution in [1.29, 1.82) is 0 Å². The molecule has 2 heterocycles. The number of nitrogens with two attached hydrogens (primary N) is 3. The lowest BCUT2D eigenvalue weighted by Crippen LogP contribution is -2.28. The molecule has 2 aromatic rings. The number of pyridine rings is 1. The van der Waals surface area contributed by atoms with Crippen molar-refractivity contribution in [3.8, 4) is 11.4 Å². The van der Waals surface area contributed by atoms with Crippen LogP contribution in [0.1, 0.15) is 5.69 Å². The molecule has 0 atom stereocenters. The van der Waals surface area contributed by atoms with Crippen LogP contribution in [0.15, 0.2) is 28.6 Å². The van der Waals surface area contributed by atoms with Crippen molar-refractivity contribution >= 4 is 53.3 Å². The number of aromatic nitrogens is 2. The number of primary amides is 1. The number of carbonyl (C=O) groups excluding carboxylic acids is 1. The smallest absolute Gasteiger partial charge is 0.312 e. The quantitative estimate of drug-likeness (QED) is 0.474. The molecule has 11 heteroatoms. The van der Waals surface area contributed by atoms with Crippen molar-refractivity contribution in [2.24, 2.45) is 22.2 Å². The Labute approximate surface area is 143 Å². The second kappa shape index (κ2) is 9.03. The van der Waals surface area contributed by atoms with Gasteiger partial charge in [0.1, 0.15) is 5.69 Å². The van der Waals surface area contributed by atoms with Gasteiger partial charge in [-0.25, -0.2) is 14.8 Å². The highest BCUT2D eigenvalue weighted by atomic mass is 35.5. The van der Waals surface area contributed by atoms with E-state index in [0.29, 0.717) is 22.2 Å². The first-order valence-corrected chi connectivity index (χ1v) is 6.47. The van der Waals surface area contributed by atoms with Gasteiger partial charge in [0, 0.05) is 5.38 Å². The van der Waals surface area contributed by atoms with Gasteiger partial charge in [-0.05, 0) is 12.1 Å². The molecule has 0 aliphatic rings. The second-order valence-corrected chi connectivity index (χ2v) is 4.62. The van der Waals surface area contributed by atoms with Crippen LogP contribution in [0.5, 0.6) is 0 Å². The molecule has 0 spiro atoms. The minimum Gasteiger partial charge on any atom is -0.370 e. The summed E-state index contributed by atoms with van der Waals surface area (Å²) in [5, 5.41) is 4.74. The molecule has 2 aromatic heterocycles. The summed E-state index contributed by atoms with van der Waals surface area (Å²) in [5.41, 5.74) is 17.6. The number of guanidine groups is 1. The van der Waals surface area contributed by atoms with Crippen molar-refractivity contribution in [2.45, 2.75) is 6.54 Å². The number of thiazole rings is 1. The summed E-state index contributed by atoms with van der Waals surface area (Å²) in [7, 11) is 0. The Hall–Kier alpha value is -2.10. The standard InChI is InChI=1S/C11H13N7OS.2ClH/c12-9(13)18-11-17-8(5-20-11)7-3-1-2-6(16-7)4-15-10(14)19;;/h1-3,5H,4H2,(H3,14,15,19)(H4,12,13,17,18);2*1H. The normalized spacial score (nSPS) is 9.09. The summed E-state index contributed by atoms with van der Waals surface area (Å²) in [4.78, 5) is 23.2. The molecular weight excluding hydrogens is 349 g/mol. The third kappa shape index (κ3) is 5.72. The average molecular weight is 364 g/mol. The van der Waals surface area contributed by atoms with E-state index < -0.39 is 6.03 Å². The van der Waals surface area contributed by atoms with E-state index in [1.807, 2.05) is 12.1 Å². The van der Waals surface area contributed by atoms with Gasteiger partial charge >= 0.3 is 6.03 Å². The predicted octanol–water partition coefficient (Wildman–Crippen LogP) is 1.12. The molecular formula is C11H15Cl2N7OS. The van der Waals surface area contributed by atoms with Gasteiger partial charge in [-0.2, -0.15) is 4.99 Å². The second-order valence-electron chi connectivity index (χ2n) is 3.78. The Morgan fingerprint density at radius 1 is 1.18 bits per heavy atom. The largest absolute Gasteiger partial charge is 0.370 e. The van der Waals surface area contributed by atoms with Gasteiger partial charge < -0.3 is 22.5 Å². The molecule has 22 heavy (non-hydrogen) atoms. The predicted molar refractivity (Wildman–Crippen MR) is 91.7 cm³/mol. The van der Waals surface area contributed by atoms with E-state index in [9.17, 15) is 4.79 Å². The SMILES string of the molecule is Cl.Cl.NC(=O)NCc1cccc(-c2csc(N=C(N)N)n2)n1. The number of nitrogens with one attached hydrogen (secondary N) is 1. The number of carbonyl (C=O) groups is 1. The highest BCUT2D eigenvalue weighted by molar-refractivity contribution is 7.13. The average Bonchev–Trinajstić information content (AvgIpc) is 2.84. The Bertz CT molecular complexity index is 657. The molecule has 0 fully saturated rings. The van der Waals surface area contributed by atoms with E-state index in [4.69, 9.17) is 17.2 Å². The van der Waals surface area contributed by atoms with Crippen LogP contribution in [0.25, 0.3) is 11.4 Å². The van der Waals surface area contributed by atoms with Gasteiger partial charge in [0.15, 0.2) is 5.96 Å². The van der Waals surface area contributed by atoms with Crippen LogP contribution in [0, 0.1) is 0 Å². The lowest BCUT2D eigenvalue weighted by Gasteiger charge is -2.03. The van der Waals surface area contributed by atoms with E-state index in [0.717, 1.165) is 0 Å². The monoisotopic (exact) mass is 363 g/mol. The van der Waals surface area contributed by atoms with E-state index in [-0.39, 0.29) is 37.3 Å². The number of halogens is 2. The molecule has 0 aromatic carbocycles. The molecule has 2 rings (SSSR count). The third-order valence-electron chi connectivity index (χ3n) is 2.23. The van der Waals surface area contributed by atoms with Crippen LogP contribution in [0.2, 0.25) is 0 Å². The van der Waals surface area contributed by atoms with Crippen molar-refractivity contribution in [3.05, 3.63) is 29.3 Å². The number of rotatable bonds is 4. The topological polar surface area (TPSA) is 145 Å². The summed E-state index contributed by atoms with van der Waals surface area (Å²) < 4.78 is 0. The highest BCUT2D eigenvalue weighted by Crippen LogP contribution is 2.25. The molecule has 7 N–H and O–H groups in total. The highest BCUT2D eigenvalue weighted by Gasteiger charge is 2.06. The van der Waals surface area contributed by atoms with Crippen LogP contribution in [-0.2, 0) is 6.54 Å². The van der Waals surface area contributed by atoms with Crippen molar-refractivity contribution in [3.63, 3.8) is 0 Å². The first-order valence-electron chi connectivity index (χ1n) is 5.59. The zero-order valence-corrected chi connectivity index (χ0v) is 13.7. The minimum absolute atomic E-state index is 0. The van der Waals surface area contributed by atoms with Gasteiger partial charge in [-0.3, -0.25) is 0 Å². The van der Waals surface area contributed by atoms with Crippen molar-refractivity contribution in [2.75, 3.05) is 0 Å². The minimum atomic E-state index is -0.596. The number of urea groups is 1. The van der Waals surface area contributed by atoms with Gasteiger partial charge in [0.05, 0.1) is 17.9 Å². The molecule has 120 valence electrons. The summed E-state index contributed by atoms with van der Waals surface area (Å²) >= 11 is 1.31. The lowest BCUT2D eigenvalue weighted by atomic mass is 10.2. The van der Waals surface area contributed by atoms with Crippen molar-refractivity contribution in [1.82, 2.24) is 15.3 Å². The maximum atomic E-state index is 10.7. The van der Waals surface area contributed by atoms with Crippen molar-refractivity contribution < 1.29 is 4.79 Å². The molecule has 0 aliphatic heterocycles. The molecule has 0 aliphatic carbocycles.